The summed E-state index contributed by atoms with van der Waals surface area (Å²) in [5, 5.41) is 11.3. The largest absolute Gasteiger partial charge is 0.297 e. The number of allylic oxidation sites excluding steroid dienone is 9. The first-order valence-corrected chi connectivity index (χ1v) is 14.5. The van der Waals surface area contributed by atoms with Gasteiger partial charge in [0.2, 0.25) is 10.3 Å². The number of anilines is 1. The van der Waals surface area contributed by atoms with E-state index in [1.165, 1.54) is 22.7 Å². The predicted octanol–water partition coefficient (Wildman–Crippen LogP) is 7.82. The Hall–Kier alpha value is -2.69. The first-order valence-electron chi connectivity index (χ1n) is 12.1. The summed E-state index contributed by atoms with van der Waals surface area (Å²) in [6.07, 6.45) is 13.0. The van der Waals surface area contributed by atoms with Crippen LogP contribution in [0.2, 0.25) is 0 Å². The molecule has 0 aliphatic heterocycles. The van der Waals surface area contributed by atoms with Gasteiger partial charge in [-0.25, -0.2) is 9.97 Å². The SMILES string of the molecule is CCC(C)=C/C(=C\C=C(C)C)S/C1=C/C=C(/Sc2n[nH]c(C)n2)CCC(C)=C1C(=O)Nc1nc(C)ns1. The number of carbonyl (C=O) groups is 1. The molecule has 0 spiro atoms. The smallest absolute Gasteiger partial charge is 0.258 e. The molecule has 10 heteroatoms. The van der Waals surface area contributed by atoms with Crippen molar-refractivity contribution in [2.45, 2.75) is 72.9 Å². The van der Waals surface area contributed by atoms with Crippen molar-refractivity contribution in [2.24, 2.45) is 0 Å². The van der Waals surface area contributed by atoms with Gasteiger partial charge in [-0.15, -0.1) is 5.10 Å². The van der Waals surface area contributed by atoms with Crippen molar-refractivity contribution in [1.82, 2.24) is 24.5 Å². The second-order valence-electron chi connectivity index (χ2n) is 8.98. The molecule has 2 aromatic rings. The van der Waals surface area contributed by atoms with E-state index < -0.39 is 0 Å². The Morgan fingerprint density at radius 3 is 2.54 bits per heavy atom. The summed E-state index contributed by atoms with van der Waals surface area (Å²) in [4.78, 5) is 25.4. The van der Waals surface area contributed by atoms with Crippen LogP contribution in [0.5, 0.6) is 0 Å². The molecule has 0 saturated carbocycles. The number of hydrogen-bond donors (Lipinski definition) is 2. The standard InChI is InChI=1S/C27H34N6OS3/c1-8-17(4)15-22(11-9-16(2)3)35-23-14-13-21(36-27-28-19(6)31-32-27)12-10-18(5)24(23)25(34)30-26-29-20(7)33-37-26/h9,11,13-15H,8,10,12H2,1-7H3,(H,28,31,32)(H,29,30,33,34)/b17-15?,21-13+,22-11+,23-14+,24-18?. The van der Waals surface area contributed by atoms with Gasteiger partial charge in [-0.1, -0.05) is 59.3 Å². The molecule has 0 fully saturated rings. The second kappa shape index (κ2) is 13.7. The Morgan fingerprint density at radius 2 is 1.92 bits per heavy atom. The number of thioether (sulfide) groups is 2. The number of nitrogens with one attached hydrogen (secondary N) is 2. The number of aromatic amines is 1. The fraction of sp³-hybridized carbons (Fsp3) is 0.370. The third-order valence-electron chi connectivity index (χ3n) is 5.37. The maximum absolute atomic E-state index is 13.6. The van der Waals surface area contributed by atoms with E-state index in [0.717, 1.165) is 45.4 Å². The predicted molar refractivity (Wildman–Crippen MR) is 158 cm³/mol. The van der Waals surface area contributed by atoms with Crippen molar-refractivity contribution in [3.8, 4) is 0 Å². The van der Waals surface area contributed by atoms with E-state index in [1.54, 1.807) is 23.5 Å². The Balaban J connectivity index is 2.03. The summed E-state index contributed by atoms with van der Waals surface area (Å²) >= 11 is 4.34. The van der Waals surface area contributed by atoms with Crippen LogP contribution in [0.3, 0.4) is 0 Å². The van der Waals surface area contributed by atoms with Crippen LogP contribution in [-0.4, -0.2) is 30.4 Å². The number of aryl methyl sites for hydroxylation is 2. The molecule has 2 N–H and O–H groups in total. The number of hydrogen-bond acceptors (Lipinski definition) is 8. The molecule has 0 saturated heterocycles. The molecule has 2 heterocycles. The van der Waals surface area contributed by atoms with E-state index in [2.05, 4.69) is 81.9 Å². The van der Waals surface area contributed by atoms with Crippen LogP contribution in [0.15, 0.2) is 72.5 Å². The summed E-state index contributed by atoms with van der Waals surface area (Å²) in [6.45, 7) is 14.2. The van der Waals surface area contributed by atoms with Crippen molar-refractivity contribution >= 4 is 46.1 Å². The van der Waals surface area contributed by atoms with Gasteiger partial charge in [0.15, 0.2) is 0 Å². The molecule has 0 atom stereocenters. The summed E-state index contributed by atoms with van der Waals surface area (Å²) in [5.41, 5.74) is 4.18. The van der Waals surface area contributed by atoms with E-state index in [1.807, 2.05) is 26.8 Å². The van der Waals surface area contributed by atoms with Crippen LogP contribution in [0.4, 0.5) is 5.13 Å². The highest BCUT2D eigenvalue weighted by Gasteiger charge is 2.22. The maximum atomic E-state index is 13.6. The number of carbonyl (C=O) groups excluding carboxylic acids is 1. The number of amides is 1. The monoisotopic (exact) mass is 554 g/mol. The Bertz CT molecular complexity index is 1320. The van der Waals surface area contributed by atoms with Gasteiger partial charge < -0.3 is 0 Å². The van der Waals surface area contributed by atoms with Crippen LogP contribution in [0, 0.1) is 13.8 Å². The van der Waals surface area contributed by atoms with Crippen molar-refractivity contribution in [2.75, 3.05) is 5.32 Å². The lowest BCUT2D eigenvalue weighted by Gasteiger charge is -2.18. The minimum Gasteiger partial charge on any atom is -0.297 e. The Labute approximate surface area is 232 Å². The molecule has 7 nitrogen and oxygen atoms in total. The van der Waals surface area contributed by atoms with E-state index in [4.69, 9.17) is 0 Å². The zero-order chi connectivity index (χ0) is 26.9. The molecule has 37 heavy (non-hydrogen) atoms. The van der Waals surface area contributed by atoms with E-state index in [0.29, 0.717) is 21.7 Å². The van der Waals surface area contributed by atoms with Gasteiger partial charge in [-0.05, 0) is 83.9 Å². The molecule has 0 aromatic carbocycles. The second-order valence-corrected chi connectivity index (χ2v) is 11.9. The molecule has 1 aliphatic carbocycles. The van der Waals surface area contributed by atoms with Gasteiger partial charge in [0.05, 0.1) is 5.57 Å². The van der Waals surface area contributed by atoms with E-state index >= 15 is 0 Å². The molecule has 0 bridgehead atoms. The van der Waals surface area contributed by atoms with Crippen LogP contribution >= 0.6 is 35.1 Å². The van der Waals surface area contributed by atoms with Gasteiger partial charge in [-0.3, -0.25) is 15.2 Å². The van der Waals surface area contributed by atoms with Gasteiger partial charge in [0.1, 0.15) is 11.6 Å². The van der Waals surface area contributed by atoms with Crippen molar-refractivity contribution in [3.05, 3.63) is 79.0 Å². The van der Waals surface area contributed by atoms with Crippen LogP contribution in [0.25, 0.3) is 0 Å². The van der Waals surface area contributed by atoms with Gasteiger partial charge >= 0.3 is 0 Å². The zero-order valence-electron chi connectivity index (χ0n) is 22.4. The third-order valence-corrected chi connectivity index (χ3v) is 8.11. The van der Waals surface area contributed by atoms with Crippen LogP contribution in [0.1, 0.15) is 65.5 Å². The minimum absolute atomic E-state index is 0.167. The lowest BCUT2D eigenvalue weighted by atomic mass is 10.0. The van der Waals surface area contributed by atoms with Gasteiger partial charge in [-0.2, -0.15) is 4.37 Å². The van der Waals surface area contributed by atoms with Gasteiger partial charge in [0.25, 0.3) is 5.91 Å². The van der Waals surface area contributed by atoms with E-state index in [-0.39, 0.29) is 5.91 Å². The molecule has 3 rings (SSSR count). The number of H-pyrrole nitrogens is 1. The Morgan fingerprint density at radius 1 is 1.14 bits per heavy atom. The summed E-state index contributed by atoms with van der Waals surface area (Å²) in [5.74, 6) is 1.27. The average Bonchev–Trinajstić information content (AvgIpc) is 3.44. The molecule has 0 radical (unpaired) electrons. The summed E-state index contributed by atoms with van der Waals surface area (Å²) < 4.78 is 4.20. The number of aromatic nitrogens is 5. The lowest BCUT2D eigenvalue weighted by molar-refractivity contribution is -0.112. The summed E-state index contributed by atoms with van der Waals surface area (Å²) in [7, 11) is 0. The molecule has 2 aromatic heterocycles. The number of rotatable bonds is 9. The first-order chi connectivity index (χ1) is 17.6. The highest BCUT2D eigenvalue weighted by atomic mass is 32.2. The average molecular weight is 555 g/mol. The number of nitrogens with zero attached hydrogens (tertiary/aromatic N) is 4. The normalized spacial score (nSPS) is 17.9. The topological polar surface area (TPSA) is 96.5 Å². The van der Waals surface area contributed by atoms with Crippen LogP contribution in [-0.2, 0) is 4.79 Å². The quantitative estimate of drug-likeness (QED) is 0.305. The fourth-order valence-electron chi connectivity index (χ4n) is 3.28. The molecular weight excluding hydrogens is 521 g/mol. The highest BCUT2D eigenvalue weighted by Crippen LogP contribution is 2.39. The van der Waals surface area contributed by atoms with Crippen molar-refractivity contribution in [3.63, 3.8) is 0 Å². The third kappa shape index (κ3) is 8.98. The molecule has 1 aliphatic rings. The molecule has 1 amide bonds. The maximum Gasteiger partial charge on any atom is 0.258 e. The Kier molecular flexibility index (Phi) is 10.7. The molecule has 196 valence electrons. The molecule has 0 unspecified atom stereocenters. The van der Waals surface area contributed by atoms with Crippen molar-refractivity contribution in [1.29, 1.82) is 0 Å². The highest BCUT2D eigenvalue weighted by molar-refractivity contribution is 8.07. The lowest BCUT2D eigenvalue weighted by Crippen LogP contribution is -2.17. The van der Waals surface area contributed by atoms with Crippen LogP contribution < -0.4 is 5.32 Å². The summed E-state index contributed by atoms with van der Waals surface area (Å²) in [6, 6.07) is 0. The zero-order valence-corrected chi connectivity index (χ0v) is 24.9. The van der Waals surface area contributed by atoms with Crippen molar-refractivity contribution < 1.29 is 4.79 Å². The van der Waals surface area contributed by atoms with E-state index in [9.17, 15) is 4.79 Å². The first kappa shape index (κ1) is 28.9. The van der Waals surface area contributed by atoms with Gasteiger partial charge in [0, 0.05) is 21.3 Å². The fourth-order valence-corrected chi connectivity index (χ4v) is 5.86. The molecular formula is C27H34N6OS3. The minimum atomic E-state index is -0.167.